The third-order valence-corrected chi connectivity index (χ3v) is 4.09. The number of nitrogens with one attached hydrogen (secondary N) is 1. The zero-order valence-corrected chi connectivity index (χ0v) is 15.4. The molecule has 2 aromatic heterocycles. The van der Waals surface area contributed by atoms with Crippen LogP contribution in [-0.2, 0) is 16.1 Å². The normalized spacial score (nSPS) is 10.6. The fraction of sp³-hybridized carbons (Fsp3) is 0.250. The van der Waals surface area contributed by atoms with Crippen molar-refractivity contribution in [1.29, 1.82) is 0 Å². The number of hydrogen-bond acceptors (Lipinski definition) is 6. The standard InChI is InChI=1S/C20H20N2O5/c1-4-25-19(23)17-12(2)18(21-13(17)3)20(24)26-11-15-10-16(27-22-15)14-8-6-5-7-9-14/h5-10,21H,4,11H2,1-3H3. The van der Waals surface area contributed by atoms with Gasteiger partial charge in [-0.3, -0.25) is 0 Å². The summed E-state index contributed by atoms with van der Waals surface area (Å²) in [5, 5.41) is 3.92. The van der Waals surface area contributed by atoms with Gasteiger partial charge in [-0.25, -0.2) is 9.59 Å². The van der Waals surface area contributed by atoms with Crippen molar-refractivity contribution in [2.24, 2.45) is 0 Å². The highest BCUT2D eigenvalue weighted by Crippen LogP contribution is 2.22. The van der Waals surface area contributed by atoms with Crippen molar-refractivity contribution in [3.8, 4) is 11.3 Å². The molecular formula is C20H20N2O5. The van der Waals surface area contributed by atoms with E-state index in [4.69, 9.17) is 14.0 Å². The van der Waals surface area contributed by atoms with E-state index >= 15 is 0 Å². The Hall–Kier alpha value is -3.35. The molecule has 7 nitrogen and oxygen atoms in total. The summed E-state index contributed by atoms with van der Waals surface area (Å²) < 4.78 is 15.6. The van der Waals surface area contributed by atoms with E-state index in [1.165, 1.54) is 0 Å². The van der Waals surface area contributed by atoms with Crippen LogP contribution in [0, 0.1) is 13.8 Å². The van der Waals surface area contributed by atoms with E-state index in [2.05, 4.69) is 10.1 Å². The van der Waals surface area contributed by atoms with Crippen LogP contribution in [0.5, 0.6) is 0 Å². The number of rotatable bonds is 6. The molecule has 0 radical (unpaired) electrons. The summed E-state index contributed by atoms with van der Waals surface area (Å²) in [5.41, 5.74) is 3.02. The van der Waals surface area contributed by atoms with Gasteiger partial charge in [0.25, 0.3) is 0 Å². The van der Waals surface area contributed by atoms with Gasteiger partial charge in [-0.05, 0) is 26.3 Å². The Morgan fingerprint density at radius 3 is 2.56 bits per heavy atom. The minimum absolute atomic E-state index is 0.0403. The maximum absolute atomic E-state index is 12.4. The average molecular weight is 368 g/mol. The molecule has 1 aromatic carbocycles. The number of esters is 2. The van der Waals surface area contributed by atoms with Crippen molar-refractivity contribution >= 4 is 11.9 Å². The van der Waals surface area contributed by atoms with Crippen LogP contribution in [0.15, 0.2) is 40.9 Å². The summed E-state index contributed by atoms with van der Waals surface area (Å²) >= 11 is 0. The van der Waals surface area contributed by atoms with Gasteiger partial charge in [-0.2, -0.15) is 0 Å². The molecule has 2 heterocycles. The molecule has 7 heteroatoms. The molecular weight excluding hydrogens is 348 g/mol. The van der Waals surface area contributed by atoms with Crippen molar-refractivity contribution in [1.82, 2.24) is 10.1 Å². The Kier molecular flexibility index (Phi) is 5.40. The second-order valence-electron chi connectivity index (χ2n) is 5.97. The lowest BCUT2D eigenvalue weighted by atomic mass is 10.1. The summed E-state index contributed by atoms with van der Waals surface area (Å²) in [6.07, 6.45) is 0. The number of H-pyrrole nitrogens is 1. The highest BCUT2D eigenvalue weighted by atomic mass is 16.5. The molecule has 3 aromatic rings. The van der Waals surface area contributed by atoms with Crippen LogP contribution in [0.4, 0.5) is 0 Å². The van der Waals surface area contributed by atoms with E-state index < -0.39 is 11.9 Å². The van der Waals surface area contributed by atoms with Crippen molar-refractivity contribution in [3.63, 3.8) is 0 Å². The number of carbonyl (C=O) groups excluding carboxylic acids is 2. The molecule has 140 valence electrons. The monoisotopic (exact) mass is 368 g/mol. The molecule has 0 bridgehead atoms. The number of ether oxygens (including phenoxy) is 2. The van der Waals surface area contributed by atoms with Crippen LogP contribution in [0.2, 0.25) is 0 Å². The molecule has 0 spiro atoms. The highest BCUT2D eigenvalue weighted by Gasteiger charge is 2.24. The van der Waals surface area contributed by atoms with Gasteiger partial charge in [0.2, 0.25) is 0 Å². The van der Waals surface area contributed by atoms with Crippen LogP contribution in [0.3, 0.4) is 0 Å². The van der Waals surface area contributed by atoms with Crippen molar-refractivity contribution in [2.75, 3.05) is 6.61 Å². The number of aromatic nitrogens is 2. The van der Waals surface area contributed by atoms with Gasteiger partial charge in [0.15, 0.2) is 5.76 Å². The van der Waals surface area contributed by atoms with E-state index in [1.54, 1.807) is 26.8 Å². The zero-order valence-electron chi connectivity index (χ0n) is 15.4. The predicted molar refractivity (Wildman–Crippen MR) is 97.3 cm³/mol. The Bertz CT molecular complexity index is 956. The number of carbonyl (C=O) groups is 2. The number of nitrogens with zero attached hydrogens (tertiary/aromatic N) is 1. The minimum Gasteiger partial charge on any atom is -0.462 e. The summed E-state index contributed by atoms with van der Waals surface area (Å²) in [7, 11) is 0. The van der Waals surface area contributed by atoms with E-state index in [-0.39, 0.29) is 18.9 Å². The summed E-state index contributed by atoms with van der Waals surface area (Å²) in [5.74, 6) is -0.444. The molecule has 0 amide bonds. The second kappa shape index (κ2) is 7.90. The van der Waals surface area contributed by atoms with Gasteiger partial charge in [0.05, 0.1) is 12.2 Å². The molecule has 27 heavy (non-hydrogen) atoms. The number of hydrogen-bond donors (Lipinski definition) is 1. The lowest BCUT2D eigenvalue weighted by Gasteiger charge is -2.03. The Labute approximate surface area is 156 Å². The Balaban J connectivity index is 1.69. The first kappa shape index (κ1) is 18.4. The van der Waals surface area contributed by atoms with Gasteiger partial charge in [-0.15, -0.1) is 0 Å². The van der Waals surface area contributed by atoms with Crippen LogP contribution >= 0.6 is 0 Å². The third kappa shape index (κ3) is 3.92. The smallest absolute Gasteiger partial charge is 0.355 e. The van der Waals surface area contributed by atoms with Crippen molar-refractivity contribution in [3.05, 3.63) is 64.6 Å². The average Bonchev–Trinajstić information content (AvgIpc) is 3.25. The third-order valence-electron chi connectivity index (χ3n) is 4.09. The van der Waals surface area contributed by atoms with E-state index in [0.29, 0.717) is 28.3 Å². The summed E-state index contributed by atoms with van der Waals surface area (Å²) in [6.45, 7) is 5.34. The first-order valence-electron chi connectivity index (χ1n) is 8.55. The fourth-order valence-electron chi connectivity index (χ4n) is 2.79. The lowest BCUT2D eigenvalue weighted by Crippen LogP contribution is -2.09. The molecule has 0 saturated carbocycles. The van der Waals surface area contributed by atoms with Crippen molar-refractivity contribution < 1.29 is 23.6 Å². The van der Waals surface area contributed by atoms with Gasteiger partial charge in [0.1, 0.15) is 18.0 Å². The highest BCUT2D eigenvalue weighted by molar-refractivity contribution is 5.98. The van der Waals surface area contributed by atoms with Crippen LogP contribution in [0.25, 0.3) is 11.3 Å². The number of aromatic amines is 1. The maximum Gasteiger partial charge on any atom is 0.355 e. The van der Waals surface area contributed by atoms with Gasteiger partial charge in [0, 0.05) is 17.3 Å². The van der Waals surface area contributed by atoms with E-state index in [1.807, 2.05) is 30.3 Å². The molecule has 0 aliphatic rings. The second-order valence-corrected chi connectivity index (χ2v) is 5.97. The molecule has 0 atom stereocenters. The predicted octanol–water partition coefficient (Wildman–Crippen LogP) is 3.82. The Morgan fingerprint density at radius 2 is 1.85 bits per heavy atom. The molecule has 0 aliphatic carbocycles. The molecule has 3 rings (SSSR count). The topological polar surface area (TPSA) is 94.4 Å². The molecule has 0 saturated heterocycles. The van der Waals surface area contributed by atoms with Gasteiger partial charge < -0.3 is 19.0 Å². The number of benzene rings is 1. The molecule has 0 aliphatic heterocycles. The lowest BCUT2D eigenvalue weighted by molar-refractivity contribution is 0.0457. The number of aryl methyl sites for hydroxylation is 1. The minimum atomic E-state index is -0.574. The summed E-state index contributed by atoms with van der Waals surface area (Å²) in [6, 6.07) is 11.2. The molecule has 0 fully saturated rings. The first-order valence-corrected chi connectivity index (χ1v) is 8.55. The Morgan fingerprint density at radius 1 is 1.11 bits per heavy atom. The van der Waals surface area contributed by atoms with E-state index in [9.17, 15) is 9.59 Å². The molecule has 1 N–H and O–H groups in total. The van der Waals surface area contributed by atoms with E-state index in [0.717, 1.165) is 5.56 Å². The van der Waals surface area contributed by atoms with Crippen LogP contribution < -0.4 is 0 Å². The largest absolute Gasteiger partial charge is 0.462 e. The zero-order chi connectivity index (χ0) is 19.4. The quantitative estimate of drug-likeness (QED) is 0.665. The van der Waals surface area contributed by atoms with Crippen LogP contribution in [0.1, 0.15) is 44.7 Å². The fourth-order valence-corrected chi connectivity index (χ4v) is 2.79. The maximum atomic E-state index is 12.4. The molecule has 0 unspecified atom stereocenters. The van der Waals surface area contributed by atoms with Crippen LogP contribution in [-0.4, -0.2) is 28.7 Å². The van der Waals surface area contributed by atoms with Gasteiger partial charge in [-0.1, -0.05) is 35.5 Å². The van der Waals surface area contributed by atoms with Crippen molar-refractivity contribution in [2.45, 2.75) is 27.4 Å². The summed E-state index contributed by atoms with van der Waals surface area (Å²) in [4.78, 5) is 27.3. The SMILES string of the molecule is CCOC(=O)c1c(C)[nH]c(C(=O)OCc2cc(-c3ccccc3)on2)c1C. The first-order chi connectivity index (χ1) is 13.0. The van der Waals surface area contributed by atoms with Gasteiger partial charge >= 0.3 is 11.9 Å².